The predicted molar refractivity (Wildman–Crippen MR) is 175 cm³/mol. The molecule has 0 bridgehead atoms. The smallest absolute Gasteiger partial charge is 0.243 e. The zero-order chi connectivity index (χ0) is 31.5. The van der Waals surface area contributed by atoms with Crippen molar-refractivity contribution in [1.82, 2.24) is 10.2 Å². The number of anilines is 1. The summed E-state index contributed by atoms with van der Waals surface area (Å²) in [6.45, 7) is 2.41. The van der Waals surface area contributed by atoms with Crippen molar-refractivity contribution in [2.75, 3.05) is 24.2 Å². The predicted octanol–water partition coefficient (Wildman–Crippen LogP) is 5.64. The fourth-order valence-electron chi connectivity index (χ4n) is 5.76. The molecular formula is C35H45N3O5S. The van der Waals surface area contributed by atoms with Crippen LogP contribution in [0.4, 0.5) is 5.69 Å². The maximum absolute atomic E-state index is 14.1. The Morgan fingerprint density at radius 1 is 0.932 bits per heavy atom. The van der Waals surface area contributed by atoms with Gasteiger partial charge in [0.1, 0.15) is 11.8 Å². The average Bonchev–Trinajstić information content (AvgIpc) is 3.02. The fourth-order valence-corrected chi connectivity index (χ4v) is 6.72. The highest BCUT2D eigenvalue weighted by atomic mass is 32.2. The number of hydrogen-bond acceptors (Lipinski definition) is 5. The molecule has 3 aromatic rings. The van der Waals surface area contributed by atoms with E-state index < -0.39 is 16.1 Å². The third kappa shape index (κ3) is 9.58. The highest BCUT2D eigenvalue weighted by molar-refractivity contribution is 7.92. The summed E-state index contributed by atoms with van der Waals surface area (Å²) in [4.78, 5) is 29.7. The Morgan fingerprint density at radius 2 is 1.64 bits per heavy atom. The largest absolute Gasteiger partial charge is 0.497 e. The zero-order valence-corrected chi connectivity index (χ0v) is 26.9. The fraction of sp³-hybridized carbons (Fsp3) is 0.429. The Labute approximate surface area is 262 Å². The third-order valence-corrected chi connectivity index (χ3v) is 9.38. The number of rotatable bonds is 14. The molecule has 9 heteroatoms. The van der Waals surface area contributed by atoms with Crippen LogP contribution in [0.1, 0.15) is 61.6 Å². The number of carbonyl (C=O) groups is 2. The van der Waals surface area contributed by atoms with Crippen molar-refractivity contribution >= 4 is 27.5 Å². The Bertz CT molecular complexity index is 1470. The number of hydrogen-bond donors (Lipinski definition) is 1. The minimum atomic E-state index is -3.61. The van der Waals surface area contributed by atoms with E-state index in [-0.39, 0.29) is 43.8 Å². The maximum Gasteiger partial charge on any atom is 0.243 e. The second kappa shape index (κ2) is 15.7. The van der Waals surface area contributed by atoms with Gasteiger partial charge in [0.25, 0.3) is 0 Å². The van der Waals surface area contributed by atoms with E-state index in [2.05, 4.69) is 5.32 Å². The molecule has 0 aliphatic heterocycles. The summed E-state index contributed by atoms with van der Waals surface area (Å²) in [5, 5.41) is 3.26. The van der Waals surface area contributed by atoms with Gasteiger partial charge in [0.2, 0.25) is 21.8 Å². The molecule has 1 N–H and O–H groups in total. The number of benzene rings is 3. The third-order valence-electron chi connectivity index (χ3n) is 8.19. The molecule has 1 atom stereocenters. The first kappa shape index (κ1) is 33.1. The van der Waals surface area contributed by atoms with Gasteiger partial charge in [0.05, 0.1) is 19.1 Å². The van der Waals surface area contributed by atoms with E-state index >= 15 is 0 Å². The lowest BCUT2D eigenvalue weighted by atomic mass is 9.94. The number of nitrogens with zero attached hydrogens (tertiary/aromatic N) is 2. The van der Waals surface area contributed by atoms with E-state index in [0.717, 1.165) is 48.6 Å². The molecule has 0 spiro atoms. The summed E-state index contributed by atoms with van der Waals surface area (Å²) in [6, 6.07) is 24.0. The minimum absolute atomic E-state index is 0.0872. The quantitative estimate of drug-likeness (QED) is 0.252. The molecule has 1 aliphatic carbocycles. The molecule has 1 fully saturated rings. The summed E-state index contributed by atoms with van der Waals surface area (Å²) in [5.41, 5.74) is 3.49. The van der Waals surface area contributed by atoms with Crippen LogP contribution in [0.25, 0.3) is 0 Å². The molecule has 1 unspecified atom stereocenters. The van der Waals surface area contributed by atoms with E-state index in [1.165, 1.54) is 17.8 Å². The summed E-state index contributed by atoms with van der Waals surface area (Å²) >= 11 is 0. The van der Waals surface area contributed by atoms with E-state index in [4.69, 9.17) is 4.74 Å². The first-order valence-corrected chi connectivity index (χ1v) is 17.3. The lowest BCUT2D eigenvalue weighted by molar-refractivity contribution is -0.141. The van der Waals surface area contributed by atoms with Gasteiger partial charge in [0.15, 0.2) is 0 Å². The van der Waals surface area contributed by atoms with Gasteiger partial charge in [-0.1, -0.05) is 85.5 Å². The monoisotopic (exact) mass is 619 g/mol. The van der Waals surface area contributed by atoms with Gasteiger partial charge in [-0.05, 0) is 49.4 Å². The van der Waals surface area contributed by atoms with E-state index in [9.17, 15) is 18.0 Å². The topological polar surface area (TPSA) is 96.0 Å². The Hall–Kier alpha value is -3.85. The van der Waals surface area contributed by atoms with Gasteiger partial charge >= 0.3 is 0 Å². The number of methoxy groups -OCH3 is 1. The van der Waals surface area contributed by atoms with Crippen molar-refractivity contribution in [3.8, 4) is 5.75 Å². The van der Waals surface area contributed by atoms with Crippen LogP contribution in [0.2, 0.25) is 0 Å². The minimum Gasteiger partial charge on any atom is -0.497 e. The van der Waals surface area contributed by atoms with E-state index in [1.807, 2.05) is 61.5 Å². The molecular weight excluding hydrogens is 574 g/mol. The maximum atomic E-state index is 14.1. The number of amides is 2. The zero-order valence-electron chi connectivity index (χ0n) is 26.1. The molecule has 1 saturated carbocycles. The van der Waals surface area contributed by atoms with Crippen LogP contribution in [0.5, 0.6) is 5.75 Å². The van der Waals surface area contributed by atoms with Gasteiger partial charge in [-0.15, -0.1) is 0 Å². The van der Waals surface area contributed by atoms with Crippen LogP contribution in [0, 0.1) is 6.92 Å². The summed E-state index contributed by atoms with van der Waals surface area (Å²) in [6.07, 6.45) is 7.16. The SMILES string of the molecule is COc1cccc(N(CCCC(=O)N(Cc2ccc(C)cc2)C(Cc2ccccc2)C(=O)NC2CCCCC2)S(C)(=O)=O)c1. The Balaban J connectivity index is 1.58. The highest BCUT2D eigenvalue weighted by Gasteiger charge is 2.32. The van der Waals surface area contributed by atoms with Crippen LogP contribution in [-0.4, -0.2) is 57.1 Å². The van der Waals surface area contributed by atoms with Gasteiger partial charge < -0.3 is 15.0 Å². The molecule has 0 aromatic heterocycles. The molecule has 3 aromatic carbocycles. The van der Waals surface area contributed by atoms with Gasteiger partial charge in [-0.25, -0.2) is 8.42 Å². The van der Waals surface area contributed by atoms with Gasteiger partial charge in [-0.2, -0.15) is 0 Å². The van der Waals surface area contributed by atoms with Crippen molar-refractivity contribution < 1.29 is 22.7 Å². The Kier molecular flexibility index (Phi) is 11.8. The second-order valence-electron chi connectivity index (χ2n) is 11.7. The summed E-state index contributed by atoms with van der Waals surface area (Å²) < 4.78 is 32.1. The summed E-state index contributed by atoms with van der Waals surface area (Å²) in [5.74, 6) is 0.212. The molecule has 0 heterocycles. The molecule has 0 radical (unpaired) electrons. The van der Waals surface area contributed by atoms with Crippen LogP contribution in [0.3, 0.4) is 0 Å². The number of carbonyl (C=O) groups excluding carboxylic acids is 2. The normalized spacial score (nSPS) is 14.4. The molecule has 2 amide bonds. The van der Waals surface area contributed by atoms with Crippen molar-refractivity contribution in [2.45, 2.75) is 76.9 Å². The Morgan fingerprint density at radius 3 is 2.30 bits per heavy atom. The number of ether oxygens (including phenoxy) is 1. The molecule has 44 heavy (non-hydrogen) atoms. The van der Waals surface area contributed by atoms with Crippen LogP contribution in [-0.2, 0) is 32.6 Å². The first-order valence-electron chi connectivity index (χ1n) is 15.4. The molecule has 1 aliphatic rings. The summed E-state index contributed by atoms with van der Waals surface area (Å²) in [7, 11) is -2.08. The molecule has 4 rings (SSSR count). The van der Waals surface area contributed by atoms with Crippen LogP contribution in [0.15, 0.2) is 78.9 Å². The average molecular weight is 620 g/mol. The van der Waals surface area contributed by atoms with Crippen molar-refractivity contribution in [1.29, 1.82) is 0 Å². The first-order chi connectivity index (χ1) is 21.1. The van der Waals surface area contributed by atoms with E-state index in [1.54, 1.807) is 29.2 Å². The van der Waals surface area contributed by atoms with Crippen molar-refractivity contribution in [3.63, 3.8) is 0 Å². The number of nitrogens with one attached hydrogen (secondary N) is 1. The molecule has 8 nitrogen and oxygen atoms in total. The van der Waals surface area contributed by atoms with Gasteiger partial charge in [-0.3, -0.25) is 13.9 Å². The number of aryl methyl sites for hydroxylation is 1. The van der Waals surface area contributed by atoms with E-state index in [0.29, 0.717) is 17.9 Å². The lowest BCUT2D eigenvalue weighted by Crippen LogP contribution is -2.52. The van der Waals surface area contributed by atoms with Crippen LogP contribution < -0.4 is 14.4 Å². The lowest BCUT2D eigenvalue weighted by Gasteiger charge is -2.34. The van der Waals surface area contributed by atoms with Crippen LogP contribution >= 0.6 is 0 Å². The highest BCUT2D eigenvalue weighted by Crippen LogP contribution is 2.25. The second-order valence-corrected chi connectivity index (χ2v) is 13.6. The molecule has 0 saturated heterocycles. The van der Waals surface area contributed by atoms with Crippen molar-refractivity contribution in [2.24, 2.45) is 0 Å². The van der Waals surface area contributed by atoms with Gasteiger partial charge in [0, 0.05) is 38.0 Å². The van der Waals surface area contributed by atoms with Crippen molar-refractivity contribution in [3.05, 3.63) is 95.6 Å². The standard InChI is InChI=1S/C35H45N3O5S/c1-27-19-21-29(22-20-27)26-37(33(24-28-12-6-4-7-13-28)35(40)36-30-14-8-5-9-15-30)34(39)18-11-23-38(44(3,41)42)31-16-10-17-32(25-31)43-2/h4,6-7,10,12-13,16-17,19-22,25,30,33H,5,8-9,11,14-15,18,23-24,26H2,1-3H3,(H,36,40). The number of sulfonamides is 1. The molecule has 236 valence electrons.